The molecule has 0 spiro atoms. The highest BCUT2D eigenvalue weighted by molar-refractivity contribution is 5.82. The van der Waals surface area contributed by atoms with E-state index in [9.17, 15) is 19.2 Å². The molecule has 0 aromatic carbocycles. The molecule has 4 amide bonds. The van der Waals surface area contributed by atoms with Crippen LogP contribution in [0.1, 0.15) is 60.8 Å². The van der Waals surface area contributed by atoms with Gasteiger partial charge in [-0.05, 0) is 60.3 Å². The van der Waals surface area contributed by atoms with Gasteiger partial charge in [0.2, 0.25) is 11.8 Å². The predicted octanol–water partition coefficient (Wildman–Crippen LogP) is 1.78. The molecule has 0 aromatic heterocycles. The summed E-state index contributed by atoms with van der Waals surface area (Å²) in [6.45, 7) is 12.4. The van der Waals surface area contributed by atoms with Gasteiger partial charge in [-0.15, -0.1) is 0 Å². The lowest BCUT2D eigenvalue weighted by atomic mass is 9.96. The van der Waals surface area contributed by atoms with Gasteiger partial charge in [0.1, 0.15) is 11.2 Å². The van der Waals surface area contributed by atoms with Crippen molar-refractivity contribution in [2.45, 2.75) is 72.0 Å². The van der Waals surface area contributed by atoms with Gasteiger partial charge in [0.25, 0.3) is 0 Å². The third-order valence-corrected chi connectivity index (χ3v) is 4.35. The van der Waals surface area contributed by atoms with Crippen molar-refractivity contribution < 1.29 is 28.7 Å². The summed E-state index contributed by atoms with van der Waals surface area (Å²) < 4.78 is 10.2. The smallest absolute Gasteiger partial charge is 0.408 e. The van der Waals surface area contributed by atoms with Crippen LogP contribution in [0, 0.1) is 5.92 Å². The summed E-state index contributed by atoms with van der Waals surface area (Å²) in [5.41, 5.74) is -1.19. The summed E-state index contributed by atoms with van der Waals surface area (Å²) >= 11 is 0. The van der Waals surface area contributed by atoms with Crippen LogP contribution in [0.5, 0.6) is 0 Å². The van der Waals surface area contributed by atoms with Crippen molar-refractivity contribution in [1.82, 2.24) is 20.9 Å². The zero-order valence-electron chi connectivity index (χ0n) is 19.6. The third kappa shape index (κ3) is 12.7. The van der Waals surface area contributed by atoms with E-state index in [4.69, 9.17) is 9.47 Å². The van der Waals surface area contributed by atoms with E-state index in [-0.39, 0.29) is 37.2 Å². The molecule has 1 aliphatic heterocycles. The number of likely N-dealkylation sites (tertiary alicyclic amines) is 1. The number of carbonyl (C=O) groups is 4. The summed E-state index contributed by atoms with van der Waals surface area (Å²) in [5.74, 6) is -0.0212. The van der Waals surface area contributed by atoms with Gasteiger partial charge in [-0.3, -0.25) is 9.59 Å². The molecule has 1 saturated heterocycles. The highest BCUT2D eigenvalue weighted by Gasteiger charge is 2.23. The number of rotatable bonds is 7. The monoisotopic (exact) mass is 442 g/mol. The normalized spacial score (nSPS) is 15.1. The second-order valence-electron chi connectivity index (χ2n) is 9.66. The number of hydrogen-bond donors (Lipinski definition) is 3. The molecule has 178 valence electrons. The SMILES string of the molecule is CC(C)(C)OC(=O)NCCC(=O)N1CCC(CNC(=O)CNC(=O)OC(C)(C)C)CC1. The van der Waals surface area contributed by atoms with Crippen LogP contribution in [-0.2, 0) is 19.1 Å². The van der Waals surface area contributed by atoms with Crippen LogP contribution in [0.25, 0.3) is 0 Å². The average molecular weight is 443 g/mol. The Bertz CT molecular complexity index is 631. The van der Waals surface area contributed by atoms with Crippen molar-refractivity contribution in [2.75, 3.05) is 32.7 Å². The van der Waals surface area contributed by atoms with Crippen LogP contribution in [0.15, 0.2) is 0 Å². The molecule has 0 radical (unpaired) electrons. The lowest BCUT2D eigenvalue weighted by Gasteiger charge is -2.32. The molecule has 10 heteroatoms. The van der Waals surface area contributed by atoms with Crippen molar-refractivity contribution in [3.05, 3.63) is 0 Å². The number of alkyl carbamates (subject to hydrolysis) is 2. The van der Waals surface area contributed by atoms with Crippen molar-refractivity contribution in [1.29, 1.82) is 0 Å². The zero-order valence-corrected chi connectivity index (χ0v) is 19.6. The van der Waals surface area contributed by atoms with Crippen molar-refractivity contribution >= 4 is 24.0 Å². The van der Waals surface area contributed by atoms with Crippen molar-refractivity contribution in [3.8, 4) is 0 Å². The average Bonchev–Trinajstić information content (AvgIpc) is 2.62. The van der Waals surface area contributed by atoms with Gasteiger partial charge in [0, 0.05) is 32.6 Å². The molecule has 0 atom stereocenters. The van der Waals surface area contributed by atoms with Crippen LogP contribution in [-0.4, -0.2) is 72.8 Å². The first kappa shape index (κ1) is 26.5. The number of hydrogen-bond acceptors (Lipinski definition) is 6. The van der Waals surface area contributed by atoms with Crippen LogP contribution in [0.2, 0.25) is 0 Å². The summed E-state index contributed by atoms with van der Waals surface area (Å²) in [5, 5.41) is 7.82. The first-order valence-electron chi connectivity index (χ1n) is 10.7. The van der Waals surface area contributed by atoms with E-state index in [1.807, 2.05) is 0 Å². The minimum atomic E-state index is -0.629. The minimum absolute atomic E-state index is 0.0138. The van der Waals surface area contributed by atoms with Gasteiger partial charge in [-0.1, -0.05) is 0 Å². The van der Waals surface area contributed by atoms with E-state index >= 15 is 0 Å². The highest BCUT2D eigenvalue weighted by atomic mass is 16.6. The van der Waals surface area contributed by atoms with E-state index in [1.165, 1.54) is 0 Å². The second-order valence-corrected chi connectivity index (χ2v) is 9.66. The molecule has 10 nitrogen and oxygen atoms in total. The van der Waals surface area contributed by atoms with Gasteiger partial charge in [-0.25, -0.2) is 9.59 Å². The zero-order chi connectivity index (χ0) is 23.7. The number of piperidine rings is 1. The van der Waals surface area contributed by atoms with Gasteiger partial charge >= 0.3 is 12.2 Å². The van der Waals surface area contributed by atoms with Gasteiger partial charge in [0.05, 0.1) is 6.54 Å². The van der Waals surface area contributed by atoms with Crippen molar-refractivity contribution in [2.24, 2.45) is 5.92 Å². The molecule has 1 aliphatic rings. The fraction of sp³-hybridized carbons (Fsp3) is 0.810. The molecule has 0 unspecified atom stereocenters. The Morgan fingerprint density at radius 1 is 0.839 bits per heavy atom. The van der Waals surface area contributed by atoms with E-state index in [0.29, 0.717) is 19.6 Å². The van der Waals surface area contributed by atoms with Gasteiger partial charge in [-0.2, -0.15) is 0 Å². The predicted molar refractivity (Wildman–Crippen MR) is 115 cm³/mol. The Labute approximate surface area is 184 Å². The standard InChI is InChI=1S/C21H38N4O6/c1-20(2,3)30-18(28)22-10-7-17(27)25-11-8-15(9-12-25)13-23-16(26)14-24-19(29)31-21(4,5)6/h15H,7-14H2,1-6H3,(H,22,28)(H,23,26)(H,24,29). The maximum atomic E-state index is 12.3. The molecule has 1 fully saturated rings. The third-order valence-electron chi connectivity index (χ3n) is 4.35. The maximum Gasteiger partial charge on any atom is 0.408 e. The first-order valence-corrected chi connectivity index (χ1v) is 10.7. The van der Waals surface area contributed by atoms with E-state index in [1.54, 1.807) is 46.4 Å². The number of nitrogens with one attached hydrogen (secondary N) is 3. The van der Waals surface area contributed by atoms with Crippen molar-refractivity contribution in [3.63, 3.8) is 0 Å². The Morgan fingerprint density at radius 2 is 1.35 bits per heavy atom. The van der Waals surface area contributed by atoms with Gasteiger partial charge in [0.15, 0.2) is 0 Å². The number of nitrogens with zero attached hydrogens (tertiary/aromatic N) is 1. The fourth-order valence-electron chi connectivity index (χ4n) is 2.92. The number of ether oxygens (including phenoxy) is 2. The Morgan fingerprint density at radius 3 is 1.87 bits per heavy atom. The largest absolute Gasteiger partial charge is 0.444 e. The molecular weight excluding hydrogens is 404 g/mol. The molecular formula is C21H38N4O6. The molecule has 3 N–H and O–H groups in total. The Hall–Kier alpha value is -2.52. The van der Waals surface area contributed by atoms with E-state index in [2.05, 4.69) is 16.0 Å². The van der Waals surface area contributed by atoms with E-state index in [0.717, 1.165) is 12.8 Å². The molecule has 0 saturated carbocycles. The Balaban J connectivity index is 2.19. The number of amides is 4. The second kappa shape index (κ2) is 11.8. The molecule has 1 heterocycles. The minimum Gasteiger partial charge on any atom is -0.444 e. The highest BCUT2D eigenvalue weighted by Crippen LogP contribution is 2.17. The van der Waals surface area contributed by atoms with Gasteiger partial charge < -0.3 is 30.3 Å². The Kier molecular flexibility index (Phi) is 10.1. The lowest BCUT2D eigenvalue weighted by Crippen LogP contribution is -2.44. The summed E-state index contributed by atoms with van der Waals surface area (Å²) in [4.78, 5) is 49.1. The quantitative estimate of drug-likeness (QED) is 0.552. The van der Waals surface area contributed by atoms with E-state index < -0.39 is 23.4 Å². The van der Waals surface area contributed by atoms with Crippen LogP contribution in [0.4, 0.5) is 9.59 Å². The molecule has 0 aliphatic carbocycles. The topological polar surface area (TPSA) is 126 Å². The van der Waals surface area contributed by atoms with Crippen LogP contribution < -0.4 is 16.0 Å². The molecule has 0 bridgehead atoms. The summed E-state index contributed by atoms with van der Waals surface area (Å²) in [7, 11) is 0. The van der Waals surface area contributed by atoms with Crippen LogP contribution >= 0.6 is 0 Å². The van der Waals surface area contributed by atoms with Crippen LogP contribution in [0.3, 0.4) is 0 Å². The molecule has 31 heavy (non-hydrogen) atoms. The summed E-state index contributed by atoms with van der Waals surface area (Å²) in [6, 6.07) is 0. The molecule has 0 aromatic rings. The lowest BCUT2D eigenvalue weighted by molar-refractivity contribution is -0.132. The fourth-order valence-corrected chi connectivity index (χ4v) is 2.92. The molecule has 1 rings (SSSR count). The first-order chi connectivity index (χ1) is 14.2. The maximum absolute atomic E-state index is 12.3. The number of carbonyl (C=O) groups excluding carboxylic acids is 4. The summed E-state index contributed by atoms with van der Waals surface area (Å²) in [6.07, 6.45) is 0.624.